The zero-order chi connectivity index (χ0) is 14.1. The van der Waals surface area contributed by atoms with Gasteiger partial charge in [-0.2, -0.15) is 5.26 Å². The van der Waals surface area contributed by atoms with Crippen LogP contribution in [0.25, 0.3) is 0 Å². The minimum atomic E-state index is 0.189. The Bertz CT molecular complexity index is 581. The smallest absolute Gasteiger partial charge is 0.220 e. The first-order valence-electron chi connectivity index (χ1n) is 6.91. The molecule has 2 atom stereocenters. The van der Waals surface area contributed by atoms with E-state index in [1.807, 2.05) is 12.1 Å². The maximum absolute atomic E-state index is 11.4. The fraction of sp³-hybridized carbons (Fsp3) is 0.467. The standard InChI is InChI=1S/C15H16BrN3O/c16-12-5-10(8-17)6-13(7-12)19-4-3-14-11(9-19)1-2-15(20)18-14/h5-7,11,14H,1-4,9H2,(H,18,20). The third kappa shape index (κ3) is 2.66. The van der Waals surface area contributed by atoms with Crippen LogP contribution >= 0.6 is 15.9 Å². The van der Waals surface area contributed by atoms with Gasteiger partial charge in [-0.25, -0.2) is 0 Å². The number of carbonyl (C=O) groups is 1. The summed E-state index contributed by atoms with van der Waals surface area (Å²) >= 11 is 3.46. The largest absolute Gasteiger partial charge is 0.371 e. The lowest BCUT2D eigenvalue weighted by atomic mass is 9.85. The van der Waals surface area contributed by atoms with Gasteiger partial charge >= 0.3 is 0 Å². The lowest BCUT2D eigenvalue weighted by Gasteiger charge is -2.42. The van der Waals surface area contributed by atoms with Gasteiger partial charge in [0.25, 0.3) is 0 Å². The quantitative estimate of drug-likeness (QED) is 0.858. The highest BCUT2D eigenvalue weighted by Gasteiger charge is 2.33. The Morgan fingerprint density at radius 2 is 2.20 bits per heavy atom. The monoisotopic (exact) mass is 333 g/mol. The summed E-state index contributed by atoms with van der Waals surface area (Å²) in [5, 5.41) is 12.2. The third-order valence-electron chi connectivity index (χ3n) is 4.20. The van der Waals surface area contributed by atoms with Crippen LogP contribution < -0.4 is 10.2 Å². The molecule has 2 aliphatic heterocycles. The van der Waals surface area contributed by atoms with Crippen molar-refractivity contribution in [2.24, 2.45) is 5.92 Å². The summed E-state index contributed by atoms with van der Waals surface area (Å²) < 4.78 is 0.936. The number of hydrogen-bond donors (Lipinski definition) is 1. The highest BCUT2D eigenvalue weighted by atomic mass is 79.9. The van der Waals surface area contributed by atoms with Crippen molar-refractivity contribution in [3.05, 3.63) is 28.2 Å². The summed E-state index contributed by atoms with van der Waals surface area (Å²) in [5.41, 5.74) is 1.76. The first kappa shape index (κ1) is 13.4. The summed E-state index contributed by atoms with van der Waals surface area (Å²) in [6.07, 6.45) is 2.58. The van der Waals surface area contributed by atoms with Gasteiger partial charge in [-0.05, 0) is 37.0 Å². The highest BCUT2D eigenvalue weighted by Crippen LogP contribution is 2.30. The molecule has 5 heteroatoms. The van der Waals surface area contributed by atoms with E-state index in [-0.39, 0.29) is 5.91 Å². The lowest BCUT2D eigenvalue weighted by molar-refractivity contribution is -0.124. The molecule has 1 aromatic carbocycles. The number of halogens is 1. The SMILES string of the molecule is N#Cc1cc(Br)cc(N2CCC3NC(=O)CCC3C2)c1. The molecule has 0 radical (unpaired) electrons. The van der Waals surface area contributed by atoms with Crippen LogP contribution in [-0.2, 0) is 4.79 Å². The number of hydrogen-bond acceptors (Lipinski definition) is 3. The Kier molecular flexibility index (Phi) is 3.66. The topological polar surface area (TPSA) is 56.1 Å². The van der Waals surface area contributed by atoms with Gasteiger partial charge in [0.1, 0.15) is 0 Å². The molecule has 2 aliphatic rings. The molecule has 1 N–H and O–H groups in total. The highest BCUT2D eigenvalue weighted by molar-refractivity contribution is 9.10. The summed E-state index contributed by atoms with van der Waals surface area (Å²) in [4.78, 5) is 13.8. The molecule has 2 heterocycles. The second kappa shape index (κ2) is 5.45. The summed E-state index contributed by atoms with van der Waals surface area (Å²) in [6.45, 7) is 1.87. The fourth-order valence-corrected chi connectivity index (χ4v) is 3.65. The Balaban J connectivity index is 1.78. The number of carbonyl (C=O) groups excluding carboxylic acids is 1. The van der Waals surface area contributed by atoms with E-state index in [2.05, 4.69) is 38.3 Å². The van der Waals surface area contributed by atoms with E-state index >= 15 is 0 Å². The molecule has 3 rings (SSSR count). The average molecular weight is 334 g/mol. The predicted molar refractivity (Wildman–Crippen MR) is 80.3 cm³/mol. The van der Waals surface area contributed by atoms with Gasteiger partial charge in [-0.15, -0.1) is 0 Å². The van der Waals surface area contributed by atoms with Crippen molar-refractivity contribution in [3.63, 3.8) is 0 Å². The first-order valence-corrected chi connectivity index (χ1v) is 7.70. The van der Waals surface area contributed by atoms with Gasteiger partial charge in [-0.1, -0.05) is 15.9 Å². The van der Waals surface area contributed by atoms with Crippen molar-refractivity contribution in [1.29, 1.82) is 5.26 Å². The molecule has 20 heavy (non-hydrogen) atoms. The van der Waals surface area contributed by atoms with E-state index in [9.17, 15) is 4.79 Å². The van der Waals surface area contributed by atoms with Crippen LogP contribution in [0.3, 0.4) is 0 Å². The van der Waals surface area contributed by atoms with Crippen molar-refractivity contribution in [1.82, 2.24) is 5.32 Å². The van der Waals surface area contributed by atoms with E-state index in [1.54, 1.807) is 0 Å². The van der Waals surface area contributed by atoms with Gasteiger partial charge in [0, 0.05) is 35.7 Å². The molecule has 0 aromatic heterocycles. The number of nitriles is 1. The number of fused-ring (bicyclic) bond motifs is 1. The van der Waals surface area contributed by atoms with E-state index in [1.165, 1.54) is 0 Å². The number of rotatable bonds is 1. The van der Waals surface area contributed by atoms with Crippen LogP contribution in [0.2, 0.25) is 0 Å². The van der Waals surface area contributed by atoms with Gasteiger partial charge < -0.3 is 10.2 Å². The number of nitrogens with zero attached hydrogens (tertiary/aromatic N) is 2. The summed E-state index contributed by atoms with van der Waals surface area (Å²) in [6, 6.07) is 8.35. The summed E-state index contributed by atoms with van der Waals surface area (Å²) in [7, 11) is 0. The third-order valence-corrected chi connectivity index (χ3v) is 4.66. The van der Waals surface area contributed by atoms with Crippen LogP contribution in [0.5, 0.6) is 0 Å². The number of piperidine rings is 2. The van der Waals surface area contributed by atoms with E-state index in [0.717, 1.165) is 36.1 Å². The number of nitrogens with one attached hydrogen (secondary N) is 1. The molecule has 1 amide bonds. The molecule has 104 valence electrons. The maximum Gasteiger partial charge on any atom is 0.220 e. The Morgan fingerprint density at radius 3 is 3.00 bits per heavy atom. The molecular weight excluding hydrogens is 318 g/mol. The normalized spacial score (nSPS) is 25.6. The number of amides is 1. The number of benzene rings is 1. The molecule has 0 bridgehead atoms. The van der Waals surface area contributed by atoms with Crippen molar-refractivity contribution in [3.8, 4) is 6.07 Å². The van der Waals surface area contributed by atoms with Crippen molar-refractivity contribution >= 4 is 27.5 Å². The van der Waals surface area contributed by atoms with Gasteiger partial charge in [0.2, 0.25) is 5.91 Å². The molecule has 0 saturated carbocycles. The van der Waals surface area contributed by atoms with Crippen molar-refractivity contribution < 1.29 is 4.79 Å². The van der Waals surface area contributed by atoms with Crippen LogP contribution in [0.4, 0.5) is 5.69 Å². The second-order valence-corrected chi connectivity index (χ2v) is 6.43. The van der Waals surface area contributed by atoms with E-state index in [0.29, 0.717) is 23.9 Å². The van der Waals surface area contributed by atoms with E-state index in [4.69, 9.17) is 5.26 Å². The maximum atomic E-state index is 11.4. The summed E-state index contributed by atoms with van der Waals surface area (Å²) in [5.74, 6) is 0.708. The fourth-order valence-electron chi connectivity index (χ4n) is 3.17. The number of anilines is 1. The van der Waals surface area contributed by atoms with Crippen LogP contribution in [0.1, 0.15) is 24.8 Å². The second-order valence-electron chi connectivity index (χ2n) is 5.52. The Labute approximate surface area is 126 Å². The van der Waals surface area contributed by atoms with Gasteiger partial charge in [0.05, 0.1) is 11.6 Å². The van der Waals surface area contributed by atoms with Crippen molar-refractivity contribution in [2.45, 2.75) is 25.3 Å². The lowest BCUT2D eigenvalue weighted by Crippen LogP contribution is -2.54. The first-order chi connectivity index (χ1) is 9.65. The molecule has 0 aliphatic carbocycles. The van der Waals surface area contributed by atoms with Gasteiger partial charge in [0.15, 0.2) is 0 Å². The van der Waals surface area contributed by atoms with Crippen LogP contribution in [-0.4, -0.2) is 25.0 Å². The molecule has 2 saturated heterocycles. The zero-order valence-electron chi connectivity index (χ0n) is 11.1. The molecule has 1 aromatic rings. The molecule has 2 unspecified atom stereocenters. The predicted octanol–water partition coefficient (Wildman–Crippen LogP) is 2.43. The Hall–Kier alpha value is -1.54. The van der Waals surface area contributed by atoms with Crippen molar-refractivity contribution in [2.75, 3.05) is 18.0 Å². The minimum Gasteiger partial charge on any atom is -0.371 e. The van der Waals surface area contributed by atoms with Crippen LogP contribution in [0.15, 0.2) is 22.7 Å². The molecular formula is C15H16BrN3O. The average Bonchev–Trinajstić information content (AvgIpc) is 2.46. The minimum absolute atomic E-state index is 0.189. The molecule has 4 nitrogen and oxygen atoms in total. The van der Waals surface area contributed by atoms with Gasteiger partial charge in [-0.3, -0.25) is 4.79 Å². The van der Waals surface area contributed by atoms with Crippen LogP contribution in [0, 0.1) is 17.2 Å². The van der Waals surface area contributed by atoms with E-state index < -0.39 is 0 Å². The zero-order valence-corrected chi connectivity index (χ0v) is 12.7. The Morgan fingerprint density at radius 1 is 1.35 bits per heavy atom. The molecule has 2 fully saturated rings. The molecule has 0 spiro atoms.